The van der Waals surface area contributed by atoms with Gasteiger partial charge in [-0.2, -0.15) is 0 Å². The molecule has 0 aliphatic heterocycles. The summed E-state index contributed by atoms with van der Waals surface area (Å²) in [6.07, 6.45) is 8.13. The molecule has 18 heavy (non-hydrogen) atoms. The van der Waals surface area contributed by atoms with Crippen LogP contribution in [0.25, 0.3) is 0 Å². The van der Waals surface area contributed by atoms with Crippen LogP contribution in [0, 0.1) is 0 Å². The zero-order valence-electron chi connectivity index (χ0n) is 11.0. The summed E-state index contributed by atoms with van der Waals surface area (Å²) < 4.78 is 2.06. The van der Waals surface area contributed by atoms with Crippen LogP contribution in [0.5, 0.6) is 0 Å². The molecule has 0 amide bonds. The van der Waals surface area contributed by atoms with Gasteiger partial charge in [0.15, 0.2) is 0 Å². The highest BCUT2D eigenvalue weighted by molar-refractivity contribution is 5.25. The van der Waals surface area contributed by atoms with Gasteiger partial charge in [-0.25, -0.2) is 4.98 Å². The Hall–Kier alpha value is -1.61. The Morgan fingerprint density at radius 1 is 1.11 bits per heavy atom. The minimum atomic E-state index is 0.789. The Labute approximate surface area is 109 Å². The van der Waals surface area contributed by atoms with Crippen molar-refractivity contribution in [3.63, 3.8) is 0 Å². The number of benzene rings is 1. The molecular formula is C15H21N3. The van der Waals surface area contributed by atoms with Crippen LogP contribution in [0.3, 0.4) is 0 Å². The van der Waals surface area contributed by atoms with Crippen LogP contribution < -0.4 is 5.73 Å². The maximum absolute atomic E-state index is 5.50. The zero-order chi connectivity index (χ0) is 12.8. The predicted octanol–water partition coefficient (Wildman–Crippen LogP) is 2.29. The molecule has 2 rings (SSSR count). The molecule has 0 bridgehead atoms. The van der Waals surface area contributed by atoms with Crippen molar-refractivity contribution in [3.05, 3.63) is 53.6 Å². The summed E-state index contributed by atoms with van der Waals surface area (Å²) in [6.45, 7) is 0.789. The topological polar surface area (TPSA) is 43.8 Å². The molecule has 0 aliphatic carbocycles. The van der Waals surface area contributed by atoms with Gasteiger partial charge in [0.2, 0.25) is 0 Å². The summed E-state index contributed by atoms with van der Waals surface area (Å²) in [5, 5.41) is 0. The van der Waals surface area contributed by atoms with Gasteiger partial charge in [-0.15, -0.1) is 0 Å². The van der Waals surface area contributed by atoms with Gasteiger partial charge >= 0.3 is 0 Å². The predicted molar refractivity (Wildman–Crippen MR) is 74.4 cm³/mol. The number of hydrogen-bond acceptors (Lipinski definition) is 2. The summed E-state index contributed by atoms with van der Waals surface area (Å²) in [5.41, 5.74) is 8.20. The molecule has 3 heteroatoms. The van der Waals surface area contributed by atoms with E-state index in [0.717, 1.165) is 31.6 Å². The first-order chi connectivity index (χ1) is 8.79. The number of imidazole rings is 1. The summed E-state index contributed by atoms with van der Waals surface area (Å²) in [6, 6.07) is 8.84. The molecule has 1 heterocycles. The van der Waals surface area contributed by atoms with E-state index in [9.17, 15) is 0 Å². The van der Waals surface area contributed by atoms with Gasteiger partial charge in [-0.05, 0) is 36.9 Å². The fraction of sp³-hybridized carbons (Fsp3) is 0.400. The average molecular weight is 243 g/mol. The Kier molecular flexibility index (Phi) is 4.53. The fourth-order valence-electron chi connectivity index (χ4n) is 2.05. The first-order valence-corrected chi connectivity index (χ1v) is 6.53. The van der Waals surface area contributed by atoms with Crippen LogP contribution in [0.15, 0.2) is 36.7 Å². The van der Waals surface area contributed by atoms with E-state index in [1.165, 1.54) is 17.5 Å². The number of rotatable bonds is 6. The molecule has 0 spiro atoms. The van der Waals surface area contributed by atoms with Crippen LogP contribution in [0.2, 0.25) is 0 Å². The lowest BCUT2D eigenvalue weighted by atomic mass is 10.0. The van der Waals surface area contributed by atoms with Crippen molar-refractivity contribution in [1.29, 1.82) is 0 Å². The summed E-state index contributed by atoms with van der Waals surface area (Å²) in [4.78, 5) is 4.34. The van der Waals surface area contributed by atoms with Gasteiger partial charge in [0.25, 0.3) is 0 Å². The van der Waals surface area contributed by atoms with Crippen molar-refractivity contribution in [2.75, 3.05) is 6.54 Å². The Morgan fingerprint density at radius 2 is 1.83 bits per heavy atom. The van der Waals surface area contributed by atoms with E-state index in [1.54, 1.807) is 0 Å². The molecule has 1 aromatic heterocycles. The second kappa shape index (κ2) is 6.36. The highest BCUT2D eigenvalue weighted by Crippen LogP contribution is 2.11. The first kappa shape index (κ1) is 12.8. The van der Waals surface area contributed by atoms with E-state index in [-0.39, 0.29) is 0 Å². The minimum absolute atomic E-state index is 0.789. The monoisotopic (exact) mass is 243 g/mol. The van der Waals surface area contributed by atoms with E-state index in [4.69, 9.17) is 5.73 Å². The van der Waals surface area contributed by atoms with Crippen LogP contribution in [0.4, 0.5) is 0 Å². The number of aryl methyl sites for hydroxylation is 2. The molecule has 3 nitrogen and oxygen atoms in total. The maximum Gasteiger partial charge on any atom is 0.112 e. The normalized spacial score (nSPS) is 10.8. The van der Waals surface area contributed by atoms with Crippen molar-refractivity contribution in [3.8, 4) is 0 Å². The minimum Gasteiger partial charge on any atom is -0.338 e. The molecule has 2 aromatic rings. The highest BCUT2D eigenvalue weighted by atomic mass is 15.0. The van der Waals surface area contributed by atoms with E-state index >= 15 is 0 Å². The van der Waals surface area contributed by atoms with Gasteiger partial charge in [0.05, 0.1) is 0 Å². The van der Waals surface area contributed by atoms with Crippen LogP contribution in [0.1, 0.15) is 29.8 Å². The van der Waals surface area contributed by atoms with E-state index < -0.39 is 0 Å². The quantitative estimate of drug-likeness (QED) is 0.791. The Balaban J connectivity index is 1.93. The standard InChI is InChI=1S/C15H21N3/c1-18-11-10-17-15(18)12-14-7-5-13(6-8-14)4-2-3-9-16/h5-8,10-11H,2-4,9,12,16H2,1H3. The third kappa shape index (κ3) is 3.44. The van der Waals surface area contributed by atoms with Crippen molar-refractivity contribution < 1.29 is 0 Å². The molecule has 0 aliphatic rings. The SMILES string of the molecule is Cn1ccnc1Cc1ccc(CCCCN)cc1. The molecule has 0 saturated carbocycles. The van der Waals surface area contributed by atoms with Crippen LogP contribution in [-0.2, 0) is 19.9 Å². The maximum atomic E-state index is 5.50. The van der Waals surface area contributed by atoms with Gasteiger partial charge < -0.3 is 10.3 Å². The largest absolute Gasteiger partial charge is 0.338 e. The zero-order valence-corrected chi connectivity index (χ0v) is 11.0. The third-order valence-electron chi connectivity index (χ3n) is 3.23. The molecule has 0 unspecified atom stereocenters. The number of hydrogen-bond donors (Lipinski definition) is 1. The lowest BCUT2D eigenvalue weighted by Crippen LogP contribution is -2.00. The summed E-state index contributed by atoms with van der Waals surface area (Å²) in [5.74, 6) is 1.10. The Morgan fingerprint density at radius 3 is 2.44 bits per heavy atom. The smallest absolute Gasteiger partial charge is 0.112 e. The molecule has 2 N–H and O–H groups in total. The van der Waals surface area contributed by atoms with Crippen LogP contribution in [-0.4, -0.2) is 16.1 Å². The van der Waals surface area contributed by atoms with Gasteiger partial charge in [-0.3, -0.25) is 0 Å². The number of nitrogens with two attached hydrogens (primary N) is 1. The second-order valence-electron chi connectivity index (χ2n) is 4.69. The fourth-order valence-corrected chi connectivity index (χ4v) is 2.05. The lowest BCUT2D eigenvalue weighted by Gasteiger charge is -2.04. The van der Waals surface area contributed by atoms with Crippen molar-refractivity contribution in [1.82, 2.24) is 9.55 Å². The van der Waals surface area contributed by atoms with Crippen molar-refractivity contribution >= 4 is 0 Å². The summed E-state index contributed by atoms with van der Waals surface area (Å²) >= 11 is 0. The third-order valence-corrected chi connectivity index (χ3v) is 3.23. The van der Waals surface area contributed by atoms with Crippen molar-refractivity contribution in [2.45, 2.75) is 25.7 Å². The molecule has 0 radical (unpaired) electrons. The van der Waals surface area contributed by atoms with Crippen LogP contribution >= 0.6 is 0 Å². The first-order valence-electron chi connectivity index (χ1n) is 6.53. The molecule has 0 fully saturated rings. The molecule has 1 aromatic carbocycles. The number of nitrogens with zero attached hydrogens (tertiary/aromatic N) is 2. The van der Waals surface area contributed by atoms with Crippen molar-refractivity contribution in [2.24, 2.45) is 12.8 Å². The molecular weight excluding hydrogens is 222 g/mol. The molecule has 0 atom stereocenters. The average Bonchev–Trinajstić information content (AvgIpc) is 2.78. The highest BCUT2D eigenvalue weighted by Gasteiger charge is 2.01. The van der Waals surface area contributed by atoms with E-state index in [2.05, 4.69) is 33.8 Å². The second-order valence-corrected chi connectivity index (χ2v) is 4.69. The van der Waals surface area contributed by atoms with Gasteiger partial charge in [-0.1, -0.05) is 24.3 Å². The van der Waals surface area contributed by atoms with E-state index in [1.807, 2.05) is 19.4 Å². The molecule has 0 saturated heterocycles. The Bertz CT molecular complexity index is 471. The number of aromatic nitrogens is 2. The molecule has 96 valence electrons. The van der Waals surface area contributed by atoms with E-state index in [0.29, 0.717) is 0 Å². The lowest BCUT2D eigenvalue weighted by molar-refractivity contribution is 0.744. The van der Waals surface area contributed by atoms with Gasteiger partial charge in [0.1, 0.15) is 5.82 Å². The number of unbranched alkanes of at least 4 members (excludes halogenated alkanes) is 1. The summed E-state index contributed by atoms with van der Waals surface area (Å²) in [7, 11) is 2.03. The van der Waals surface area contributed by atoms with Gasteiger partial charge in [0, 0.05) is 25.9 Å².